The number of nitrogens with zero attached hydrogens (tertiary/aromatic N) is 2. The third-order valence-electron chi connectivity index (χ3n) is 5.04. The number of carbonyl (C=O) groups excluding carboxylic acids is 1. The summed E-state index contributed by atoms with van der Waals surface area (Å²) in [5.74, 6) is 1.55. The van der Waals surface area contributed by atoms with E-state index in [1.54, 1.807) is 0 Å². The van der Waals surface area contributed by atoms with Crippen LogP contribution < -0.4 is 0 Å². The van der Waals surface area contributed by atoms with Crippen molar-refractivity contribution in [1.29, 1.82) is 0 Å². The van der Waals surface area contributed by atoms with Crippen molar-refractivity contribution in [2.45, 2.75) is 53.4 Å². The van der Waals surface area contributed by atoms with Crippen LogP contribution >= 0.6 is 0 Å². The van der Waals surface area contributed by atoms with Crippen molar-refractivity contribution >= 4 is 6.03 Å². The predicted octanol–water partition coefficient (Wildman–Crippen LogP) is 3.60. The smallest absolute Gasteiger partial charge is 0.319 e. The molecule has 2 rings (SSSR count). The Balaban J connectivity index is 1.82. The molecule has 0 saturated carbocycles. The van der Waals surface area contributed by atoms with E-state index in [0.29, 0.717) is 11.4 Å². The first kappa shape index (κ1) is 14.7. The lowest BCUT2D eigenvalue weighted by Crippen LogP contribution is -2.49. The number of likely N-dealkylation sites (tertiary alicyclic amines) is 2. The molecule has 2 saturated heterocycles. The van der Waals surface area contributed by atoms with Crippen molar-refractivity contribution in [2.75, 3.05) is 26.2 Å². The second-order valence-electron chi connectivity index (χ2n) is 7.58. The summed E-state index contributed by atoms with van der Waals surface area (Å²) in [7, 11) is 0. The van der Waals surface area contributed by atoms with Crippen LogP contribution in [-0.4, -0.2) is 42.0 Å². The molecule has 0 spiro atoms. The molecule has 0 aromatic rings. The maximum Gasteiger partial charge on any atom is 0.319 e. The zero-order chi connectivity index (χ0) is 14.0. The Labute approximate surface area is 118 Å². The van der Waals surface area contributed by atoms with Gasteiger partial charge in [0.1, 0.15) is 0 Å². The molecule has 19 heavy (non-hydrogen) atoms. The number of hydrogen-bond donors (Lipinski definition) is 0. The molecule has 2 amide bonds. The van der Waals surface area contributed by atoms with Gasteiger partial charge in [0.25, 0.3) is 0 Å². The van der Waals surface area contributed by atoms with Crippen molar-refractivity contribution in [3.63, 3.8) is 0 Å². The van der Waals surface area contributed by atoms with Crippen LogP contribution in [0.5, 0.6) is 0 Å². The molecule has 0 aliphatic carbocycles. The maximum atomic E-state index is 12.5. The Hall–Kier alpha value is -0.730. The van der Waals surface area contributed by atoms with Gasteiger partial charge < -0.3 is 9.80 Å². The van der Waals surface area contributed by atoms with E-state index in [4.69, 9.17) is 0 Å². The van der Waals surface area contributed by atoms with Gasteiger partial charge in [0.15, 0.2) is 0 Å². The molecular weight excluding hydrogens is 236 g/mol. The van der Waals surface area contributed by atoms with Gasteiger partial charge in [0.2, 0.25) is 0 Å². The largest absolute Gasteiger partial charge is 0.325 e. The van der Waals surface area contributed by atoms with Gasteiger partial charge in [-0.15, -0.1) is 0 Å². The molecule has 2 aliphatic rings. The monoisotopic (exact) mass is 266 g/mol. The molecule has 0 unspecified atom stereocenters. The lowest BCUT2D eigenvalue weighted by atomic mass is 9.75. The van der Waals surface area contributed by atoms with Gasteiger partial charge >= 0.3 is 6.03 Å². The number of piperidine rings is 2. The Morgan fingerprint density at radius 1 is 0.895 bits per heavy atom. The molecule has 110 valence electrons. The molecule has 2 fully saturated rings. The molecule has 0 N–H and O–H groups in total. The van der Waals surface area contributed by atoms with E-state index in [0.717, 1.165) is 38.0 Å². The zero-order valence-corrected chi connectivity index (χ0v) is 13.1. The summed E-state index contributed by atoms with van der Waals surface area (Å²) in [4.78, 5) is 16.6. The number of urea groups is 1. The van der Waals surface area contributed by atoms with Crippen LogP contribution in [0, 0.1) is 17.3 Å². The summed E-state index contributed by atoms with van der Waals surface area (Å²) < 4.78 is 0. The van der Waals surface area contributed by atoms with Crippen LogP contribution in [0.15, 0.2) is 0 Å². The van der Waals surface area contributed by atoms with Crippen molar-refractivity contribution in [3.05, 3.63) is 0 Å². The van der Waals surface area contributed by atoms with Gasteiger partial charge in [0.05, 0.1) is 0 Å². The van der Waals surface area contributed by atoms with E-state index in [2.05, 4.69) is 37.5 Å². The predicted molar refractivity (Wildman–Crippen MR) is 79.1 cm³/mol. The normalized spacial score (nSPS) is 23.8. The highest BCUT2D eigenvalue weighted by molar-refractivity contribution is 5.74. The summed E-state index contributed by atoms with van der Waals surface area (Å²) in [5.41, 5.74) is 0.385. The summed E-state index contributed by atoms with van der Waals surface area (Å²) in [6.45, 7) is 13.1. The lowest BCUT2D eigenvalue weighted by molar-refractivity contribution is 0.0937. The van der Waals surface area contributed by atoms with Crippen LogP contribution in [0.2, 0.25) is 0 Å². The fourth-order valence-corrected chi connectivity index (χ4v) is 3.34. The second-order valence-corrected chi connectivity index (χ2v) is 7.58. The first-order valence-electron chi connectivity index (χ1n) is 7.92. The maximum absolute atomic E-state index is 12.5. The topological polar surface area (TPSA) is 23.6 Å². The summed E-state index contributed by atoms with van der Waals surface area (Å²) in [5, 5.41) is 0. The van der Waals surface area contributed by atoms with E-state index < -0.39 is 0 Å². The highest BCUT2D eigenvalue weighted by Gasteiger charge is 2.32. The first-order chi connectivity index (χ1) is 8.88. The Kier molecular flexibility index (Phi) is 4.42. The van der Waals surface area contributed by atoms with Crippen molar-refractivity contribution in [2.24, 2.45) is 17.3 Å². The first-order valence-corrected chi connectivity index (χ1v) is 7.92. The highest BCUT2D eigenvalue weighted by Crippen LogP contribution is 2.34. The van der Waals surface area contributed by atoms with Crippen molar-refractivity contribution in [3.8, 4) is 0 Å². The molecule has 2 aliphatic heterocycles. The van der Waals surface area contributed by atoms with Crippen molar-refractivity contribution in [1.82, 2.24) is 9.80 Å². The minimum Gasteiger partial charge on any atom is -0.325 e. The summed E-state index contributed by atoms with van der Waals surface area (Å²) in [6, 6.07) is 0.291. The van der Waals surface area contributed by atoms with Crippen LogP contribution in [-0.2, 0) is 0 Å². The minimum absolute atomic E-state index is 0.291. The Bertz CT molecular complexity index is 305. The molecule has 2 heterocycles. The third kappa shape index (κ3) is 3.64. The SMILES string of the molecule is CC1CCN(C(=O)N2CCC(C(C)(C)C)CC2)CC1. The molecule has 0 radical (unpaired) electrons. The fraction of sp³-hybridized carbons (Fsp3) is 0.938. The number of amides is 2. The van der Waals surface area contributed by atoms with E-state index in [9.17, 15) is 4.79 Å². The Morgan fingerprint density at radius 2 is 1.32 bits per heavy atom. The van der Waals surface area contributed by atoms with Gasteiger partial charge in [-0.3, -0.25) is 0 Å². The van der Waals surface area contributed by atoms with Crippen LogP contribution in [0.1, 0.15) is 53.4 Å². The second kappa shape index (κ2) is 5.72. The Morgan fingerprint density at radius 3 is 1.74 bits per heavy atom. The summed E-state index contributed by atoms with van der Waals surface area (Å²) in [6.07, 6.45) is 4.67. The molecule has 3 nitrogen and oxygen atoms in total. The third-order valence-corrected chi connectivity index (χ3v) is 5.04. The van der Waals surface area contributed by atoms with Gasteiger partial charge in [-0.05, 0) is 42.9 Å². The highest BCUT2D eigenvalue weighted by atomic mass is 16.2. The minimum atomic E-state index is 0.291. The molecule has 0 aromatic heterocycles. The van der Waals surface area contributed by atoms with E-state index >= 15 is 0 Å². The fourth-order valence-electron chi connectivity index (χ4n) is 3.34. The van der Waals surface area contributed by atoms with E-state index in [1.807, 2.05) is 0 Å². The average Bonchev–Trinajstić information content (AvgIpc) is 2.38. The molecule has 0 aromatic carbocycles. The molecule has 3 heteroatoms. The zero-order valence-electron chi connectivity index (χ0n) is 13.1. The van der Waals surface area contributed by atoms with Gasteiger partial charge in [-0.25, -0.2) is 4.79 Å². The summed E-state index contributed by atoms with van der Waals surface area (Å²) >= 11 is 0. The lowest BCUT2D eigenvalue weighted by Gasteiger charge is -2.41. The quantitative estimate of drug-likeness (QED) is 0.657. The van der Waals surface area contributed by atoms with Gasteiger partial charge in [0, 0.05) is 26.2 Å². The molecule has 0 bridgehead atoms. The number of carbonyl (C=O) groups is 1. The number of hydrogen-bond acceptors (Lipinski definition) is 1. The van der Waals surface area contributed by atoms with Gasteiger partial charge in [-0.1, -0.05) is 27.7 Å². The molecular formula is C16H30N2O. The van der Waals surface area contributed by atoms with Crippen LogP contribution in [0.3, 0.4) is 0 Å². The standard InChI is InChI=1S/C16H30N2O/c1-13-5-9-17(10-6-13)15(19)18-11-7-14(8-12-18)16(2,3)4/h13-14H,5-12H2,1-4H3. The van der Waals surface area contributed by atoms with E-state index in [-0.39, 0.29) is 0 Å². The van der Waals surface area contributed by atoms with Crippen molar-refractivity contribution < 1.29 is 4.79 Å². The average molecular weight is 266 g/mol. The van der Waals surface area contributed by atoms with Gasteiger partial charge in [-0.2, -0.15) is 0 Å². The molecule has 0 atom stereocenters. The van der Waals surface area contributed by atoms with E-state index in [1.165, 1.54) is 25.7 Å². The number of rotatable bonds is 0. The van der Waals surface area contributed by atoms with Crippen LogP contribution in [0.4, 0.5) is 4.79 Å². The van der Waals surface area contributed by atoms with Crippen LogP contribution in [0.25, 0.3) is 0 Å².